The minimum atomic E-state index is -0.00834. The summed E-state index contributed by atoms with van der Waals surface area (Å²) in [7, 11) is 0. The lowest BCUT2D eigenvalue weighted by Crippen LogP contribution is -2.50. The van der Waals surface area contributed by atoms with Gasteiger partial charge >= 0.3 is 0 Å². The van der Waals surface area contributed by atoms with E-state index >= 15 is 0 Å². The maximum absolute atomic E-state index is 12.6. The molecule has 5 nitrogen and oxygen atoms in total. The fraction of sp³-hybridized carbons (Fsp3) is 0.333. The van der Waals surface area contributed by atoms with Crippen molar-refractivity contribution in [2.24, 2.45) is 0 Å². The number of piperazine rings is 1. The molecule has 0 spiro atoms. The van der Waals surface area contributed by atoms with E-state index in [9.17, 15) is 4.79 Å². The van der Waals surface area contributed by atoms with Crippen LogP contribution in [0.4, 0.5) is 5.13 Å². The summed E-state index contributed by atoms with van der Waals surface area (Å²) in [4.78, 5) is 21.3. The number of hydrogen-bond acceptors (Lipinski definition) is 5. The molecule has 0 radical (unpaired) electrons. The van der Waals surface area contributed by atoms with Gasteiger partial charge < -0.3 is 14.5 Å². The molecule has 2 aromatic carbocycles. The first-order chi connectivity index (χ1) is 13.9. The van der Waals surface area contributed by atoms with E-state index in [1.54, 1.807) is 11.3 Å². The number of aryl methyl sites for hydroxylation is 2. The number of nitrogens with zero attached hydrogens (tertiary/aromatic N) is 3. The van der Waals surface area contributed by atoms with E-state index < -0.39 is 0 Å². The Morgan fingerprint density at radius 2 is 1.79 bits per heavy atom. The van der Waals surface area contributed by atoms with E-state index in [0.29, 0.717) is 23.9 Å². The fourth-order valence-corrected chi connectivity index (χ4v) is 4.80. The van der Waals surface area contributed by atoms with Crippen LogP contribution in [-0.4, -0.2) is 48.6 Å². The number of hydrogen-bond donors (Lipinski definition) is 0. The number of fused-ring (bicyclic) bond motifs is 1. The van der Waals surface area contributed by atoms with Crippen molar-refractivity contribution in [3.05, 3.63) is 51.5 Å². The second-order valence-electron chi connectivity index (χ2n) is 7.14. The van der Waals surface area contributed by atoms with Crippen molar-refractivity contribution in [1.29, 1.82) is 0 Å². The van der Waals surface area contributed by atoms with Crippen LogP contribution in [0.3, 0.4) is 0 Å². The second kappa shape index (κ2) is 8.38. The van der Waals surface area contributed by atoms with Crippen LogP contribution in [0.25, 0.3) is 10.2 Å². The summed E-state index contributed by atoms with van der Waals surface area (Å²) in [5.74, 6) is 0.663. The first-order valence-electron chi connectivity index (χ1n) is 9.39. The van der Waals surface area contributed by atoms with Crippen molar-refractivity contribution < 1.29 is 9.53 Å². The molecule has 8 heteroatoms. The van der Waals surface area contributed by atoms with Gasteiger partial charge in [-0.15, -0.1) is 0 Å². The van der Waals surface area contributed by atoms with Crippen LogP contribution in [0.15, 0.2) is 30.3 Å². The molecule has 152 valence electrons. The van der Waals surface area contributed by atoms with Crippen LogP contribution in [-0.2, 0) is 4.79 Å². The number of amides is 1. The van der Waals surface area contributed by atoms with Gasteiger partial charge in [-0.3, -0.25) is 4.79 Å². The number of carbonyl (C=O) groups excluding carboxylic acids is 1. The lowest BCUT2D eigenvalue weighted by molar-refractivity contribution is -0.133. The van der Waals surface area contributed by atoms with Gasteiger partial charge in [-0.25, -0.2) is 4.98 Å². The number of benzene rings is 2. The Hall–Kier alpha value is -2.02. The van der Waals surface area contributed by atoms with E-state index in [-0.39, 0.29) is 12.5 Å². The maximum Gasteiger partial charge on any atom is 0.260 e. The Bertz CT molecular complexity index is 1040. The molecule has 1 saturated heterocycles. The van der Waals surface area contributed by atoms with E-state index in [1.165, 1.54) is 0 Å². The number of anilines is 1. The monoisotopic (exact) mass is 449 g/mol. The van der Waals surface area contributed by atoms with Crippen LogP contribution in [0, 0.1) is 13.8 Å². The van der Waals surface area contributed by atoms with Gasteiger partial charge in [0.2, 0.25) is 0 Å². The average molecular weight is 450 g/mol. The van der Waals surface area contributed by atoms with Crippen LogP contribution in [0.2, 0.25) is 10.0 Å². The molecule has 0 N–H and O–H groups in total. The summed E-state index contributed by atoms with van der Waals surface area (Å²) in [6.45, 7) is 6.69. The van der Waals surface area contributed by atoms with E-state index in [4.69, 9.17) is 32.9 Å². The zero-order valence-corrected chi connectivity index (χ0v) is 18.6. The van der Waals surface area contributed by atoms with Crippen LogP contribution >= 0.6 is 34.5 Å². The van der Waals surface area contributed by atoms with Gasteiger partial charge in [-0.1, -0.05) is 34.5 Å². The van der Waals surface area contributed by atoms with Gasteiger partial charge in [0.05, 0.1) is 10.2 Å². The SMILES string of the molecule is Cc1cc(OCC(=O)N2CCN(c3nc4ccc(Cl)cc4s3)CC2)cc(C)c1Cl. The summed E-state index contributed by atoms with van der Waals surface area (Å²) in [5, 5.41) is 2.42. The Kier molecular flexibility index (Phi) is 5.86. The summed E-state index contributed by atoms with van der Waals surface area (Å²) in [6.07, 6.45) is 0. The van der Waals surface area contributed by atoms with Gasteiger partial charge in [0.15, 0.2) is 11.7 Å². The first kappa shape index (κ1) is 20.3. The van der Waals surface area contributed by atoms with Crippen LogP contribution in [0.1, 0.15) is 11.1 Å². The van der Waals surface area contributed by atoms with Crippen LogP contribution in [0.5, 0.6) is 5.75 Å². The van der Waals surface area contributed by atoms with Gasteiger partial charge in [-0.2, -0.15) is 0 Å². The Morgan fingerprint density at radius 3 is 2.48 bits per heavy atom. The first-order valence-corrected chi connectivity index (χ1v) is 11.0. The van der Waals surface area contributed by atoms with Crippen molar-refractivity contribution in [3.63, 3.8) is 0 Å². The molecule has 0 bridgehead atoms. The predicted octanol–water partition coefficient (Wildman–Crippen LogP) is 4.95. The molecule has 0 aliphatic carbocycles. The Balaban J connectivity index is 1.33. The smallest absolute Gasteiger partial charge is 0.260 e. The van der Waals surface area contributed by atoms with Gasteiger partial charge in [-0.05, 0) is 55.3 Å². The highest BCUT2D eigenvalue weighted by Crippen LogP contribution is 2.31. The summed E-state index contributed by atoms with van der Waals surface area (Å²) < 4.78 is 6.79. The number of halogens is 2. The quantitative estimate of drug-likeness (QED) is 0.565. The predicted molar refractivity (Wildman–Crippen MR) is 120 cm³/mol. The fourth-order valence-electron chi connectivity index (χ4n) is 3.39. The molecular weight excluding hydrogens is 429 g/mol. The number of carbonyl (C=O) groups is 1. The highest BCUT2D eigenvalue weighted by atomic mass is 35.5. The van der Waals surface area contributed by atoms with Crippen molar-refractivity contribution in [2.45, 2.75) is 13.8 Å². The topological polar surface area (TPSA) is 45.7 Å². The number of aromatic nitrogens is 1. The van der Waals surface area contributed by atoms with E-state index in [1.807, 2.05) is 49.1 Å². The molecule has 0 unspecified atom stereocenters. The number of ether oxygens (including phenoxy) is 1. The lowest BCUT2D eigenvalue weighted by Gasteiger charge is -2.34. The van der Waals surface area contributed by atoms with Crippen molar-refractivity contribution in [2.75, 3.05) is 37.7 Å². The Morgan fingerprint density at radius 1 is 1.10 bits per heavy atom. The molecule has 1 amide bonds. The highest BCUT2D eigenvalue weighted by Gasteiger charge is 2.23. The molecular formula is C21H21Cl2N3O2S. The largest absolute Gasteiger partial charge is 0.484 e. The molecule has 0 saturated carbocycles. The normalized spacial score (nSPS) is 14.5. The molecule has 2 heterocycles. The molecule has 1 aliphatic heterocycles. The maximum atomic E-state index is 12.6. The standard InChI is InChI=1S/C21H21Cl2N3O2S/c1-13-9-16(10-14(2)20(13)23)28-12-19(27)25-5-7-26(8-6-25)21-24-17-4-3-15(22)11-18(17)29-21/h3-4,9-11H,5-8,12H2,1-2H3. The van der Waals surface area contributed by atoms with Crippen molar-refractivity contribution >= 4 is 55.8 Å². The summed E-state index contributed by atoms with van der Waals surface area (Å²) >= 11 is 13.9. The zero-order valence-electron chi connectivity index (χ0n) is 16.2. The lowest BCUT2D eigenvalue weighted by atomic mass is 10.1. The zero-order chi connectivity index (χ0) is 20.5. The van der Waals surface area contributed by atoms with E-state index in [2.05, 4.69) is 4.90 Å². The molecule has 1 aromatic heterocycles. The van der Waals surface area contributed by atoms with E-state index in [0.717, 1.165) is 44.6 Å². The average Bonchev–Trinajstić information content (AvgIpc) is 3.13. The molecule has 3 aromatic rings. The highest BCUT2D eigenvalue weighted by molar-refractivity contribution is 7.22. The van der Waals surface area contributed by atoms with Crippen LogP contribution < -0.4 is 9.64 Å². The van der Waals surface area contributed by atoms with Gasteiger partial charge in [0.1, 0.15) is 5.75 Å². The third-order valence-corrected chi connectivity index (χ3v) is 6.92. The van der Waals surface area contributed by atoms with Gasteiger partial charge in [0.25, 0.3) is 5.91 Å². The summed E-state index contributed by atoms with van der Waals surface area (Å²) in [5.41, 5.74) is 2.84. The van der Waals surface area contributed by atoms with Crippen molar-refractivity contribution in [3.8, 4) is 5.75 Å². The minimum absolute atomic E-state index is 0.00834. The second-order valence-corrected chi connectivity index (χ2v) is 8.96. The molecule has 0 atom stereocenters. The minimum Gasteiger partial charge on any atom is -0.484 e. The third-order valence-electron chi connectivity index (χ3n) is 5.01. The Labute approximate surface area is 183 Å². The molecule has 1 aliphatic rings. The third kappa shape index (κ3) is 4.44. The van der Waals surface area contributed by atoms with Gasteiger partial charge in [0, 0.05) is 36.2 Å². The number of thiazole rings is 1. The van der Waals surface area contributed by atoms with Crippen molar-refractivity contribution in [1.82, 2.24) is 9.88 Å². The molecule has 1 fully saturated rings. The molecule has 29 heavy (non-hydrogen) atoms. The summed E-state index contributed by atoms with van der Waals surface area (Å²) in [6, 6.07) is 9.46. The molecule has 4 rings (SSSR count). The number of rotatable bonds is 4.